The van der Waals surface area contributed by atoms with Crippen LogP contribution < -0.4 is 5.32 Å². The molecule has 0 bridgehead atoms. The highest BCUT2D eigenvalue weighted by atomic mass is 16.4. The number of anilines is 1. The van der Waals surface area contributed by atoms with Gasteiger partial charge in [0.1, 0.15) is 12.4 Å². The maximum absolute atomic E-state index is 12.6. The summed E-state index contributed by atoms with van der Waals surface area (Å²) in [5.74, 6) is 1.55. The lowest BCUT2D eigenvalue weighted by molar-refractivity contribution is 0.215. The van der Waals surface area contributed by atoms with Crippen molar-refractivity contribution in [1.29, 1.82) is 0 Å². The van der Waals surface area contributed by atoms with E-state index in [1.54, 1.807) is 13.2 Å². The first-order chi connectivity index (χ1) is 13.7. The number of carbonyl (C=O) groups is 1. The van der Waals surface area contributed by atoms with Gasteiger partial charge >= 0.3 is 6.03 Å². The maximum atomic E-state index is 12.6. The summed E-state index contributed by atoms with van der Waals surface area (Å²) in [4.78, 5) is 14.1. The summed E-state index contributed by atoms with van der Waals surface area (Å²) in [6.07, 6.45) is 7.62. The van der Waals surface area contributed by atoms with Crippen molar-refractivity contribution in [2.45, 2.75) is 44.7 Å². The van der Waals surface area contributed by atoms with Crippen LogP contribution in [0.1, 0.15) is 44.0 Å². The van der Waals surface area contributed by atoms with Gasteiger partial charge in [0.05, 0.1) is 12.2 Å². The van der Waals surface area contributed by atoms with Crippen molar-refractivity contribution in [3.8, 4) is 11.5 Å². The van der Waals surface area contributed by atoms with E-state index in [9.17, 15) is 4.79 Å². The van der Waals surface area contributed by atoms with Crippen LogP contribution >= 0.6 is 0 Å². The third-order valence-corrected chi connectivity index (χ3v) is 5.03. The number of carbonyl (C=O) groups excluding carboxylic acids is 1. The highest BCUT2D eigenvalue weighted by molar-refractivity contribution is 5.88. The van der Waals surface area contributed by atoms with E-state index in [1.807, 2.05) is 41.1 Å². The van der Waals surface area contributed by atoms with Crippen LogP contribution in [0.4, 0.5) is 10.6 Å². The summed E-state index contributed by atoms with van der Waals surface area (Å²) in [6.45, 7) is 0.225. The Balaban J connectivity index is 1.38. The number of nitrogens with one attached hydrogen (secondary N) is 1. The minimum Gasteiger partial charge on any atom is -0.419 e. The number of aromatic nitrogens is 4. The summed E-state index contributed by atoms with van der Waals surface area (Å²) in [6, 6.07) is 11.5. The number of benzene rings is 1. The molecule has 1 saturated carbocycles. The maximum Gasteiger partial charge on any atom is 0.323 e. The Kier molecular flexibility index (Phi) is 5.36. The molecule has 1 aliphatic carbocycles. The molecule has 2 amide bonds. The Morgan fingerprint density at radius 3 is 2.75 bits per heavy atom. The Bertz CT molecular complexity index is 914. The number of hydrogen-bond acceptors (Lipinski definition) is 5. The highest BCUT2D eigenvalue weighted by Gasteiger charge is 2.21. The second-order valence-electron chi connectivity index (χ2n) is 7.11. The van der Waals surface area contributed by atoms with Gasteiger partial charge in [0.25, 0.3) is 0 Å². The first kappa shape index (κ1) is 18.2. The van der Waals surface area contributed by atoms with Crippen molar-refractivity contribution < 1.29 is 9.21 Å². The van der Waals surface area contributed by atoms with E-state index in [-0.39, 0.29) is 12.6 Å². The molecule has 1 aromatic carbocycles. The molecule has 4 rings (SSSR count). The molecule has 0 unspecified atom stereocenters. The minimum absolute atomic E-state index is 0.225. The molecule has 0 radical (unpaired) electrons. The van der Waals surface area contributed by atoms with Crippen molar-refractivity contribution in [3.05, 3.63) is 48.5 Å². The Morgan fingerprint density at radius 2 is 1.96 bits per heavy atom. The Labute approximate surface area is 163 Å². The average molecular weight is 380 g/mol. The fraction of sp³-hybridized carbons (Fsp3) is 0.400. The largest absolute Gasteiger partial charge is 0.419 e. The molecule has 0 spiro atoms. The molecule has 146 valence electrons. The van der Waals surface area contributed by atoms with Gasteiger partial charge in [-0.05, 0) is 25.0 Å². The van der Waals surface area contributed by atoms with Gasteiger partial charge in [-0.3, -0.25) is 5.32 Å². The lowest BCUT2D eigenvalue weighted by Crippen LogP contribution is -2.32. The monoisotopic (exact) mass is 380 g/mol. The molecule has 2 heterocycles. The summed E-state index contributed by atoms with van der Waals surface area (Å²) >= 11 is 0. The van der Waals surface area contributed by atoms with E-state index in [1.165, 1.54) is 24.2 Å². The van der Waals surface area contributed by atoms with Crippen molar-refractivity contribution in [1.82, 2.24) is 24.9 Å². The van der Waals surface area contributed by atoms with E-state index < -0.39 is 0 Å². The molecule has 1 fully saturated rings. The van der Waals surface area contributed by atoms with Crippen LogP contribution in [-0.2, 0) is 6.54 Å². The zero-order valence-corrected chi connectivity index (χ0v) is 15.9. The van der Waals surface area contributed by atoms with Crippen LogP contribution in [0.2, 0.25) is 0 Å². The van der Waals surface area contributed by atoms with Crippen LogP contribution in [0, 0.1) is 0 Å². The standard InChI is InChI=1S/C20H24N6O2/c1-25(14-18-23-24-19(28-18)15-8-4-2-5-9-15)20(27)22-17-12-13-21-26(17)16-10-6-3-7-11-16/h2,4-5,8-9,12-13,16H,3,6-7,10-11,14H2,1H3,(H,22,27). The van der Waals surface area contributed by atoms with Crippen LogP contribution in [0.3, 0.4) is 0 Å². The number of rotatable bonds is 5. The third-order valence-electron chi connectivity index (χ3n) is 5.03. The van der Waals surface area contributed by atoms with E-state index in [4.69, 9.17) is 4.42 Å². The lowest BCUT2D eigenvalue weighted by atomic mass is 9.96. The molecule has 0 aliphatic heterocycles. The van der Waals surface area contributed by atoms with Crippen LogP contribution in [0.5, 0.6) is 0 Å². The van der Waals surface area contributed by atoms with E-state index in [0.29, 0.717) is 17.8 Å². The molecule has 8 nitrogen and oxygen atoms in total. The Hall–Kier alpha value is -3.16. The smallest absolute Gasteiger partial charge is 0.323 e. The predicted molar refractivity (Wildman–Crippen MR) is 105 cm³/mol. The second-order valence-corrected chi connectivity index (χ2v) is 7.11. The van der Waals surface area contributed by atoms with E-state index in [0.717, 1.165) is 24.2 Å². The lowest BCUT2D eigenvalue weighted by Gasteiger charge is -2.24. The van der Waals surface area contributed by atoms with Gasteiger partial charge in [0, 0.05) is 18.7 Å². The molecule has 0 atom stereocenters. The summed E-state index contributed by atoms with van der Waals surface area (Å²) in [5.41, 5.74) is 0.852. The van der Waals surface area contributed by atoms with Crippen LogP contribution in [-0.4, -0.2) is 38.0 Å². The molecule has 1 N–H and O–H groups in total. The number of hydrogen-bond donors (Lipinski definition) is 1. The predicted octanol–water partition coefficient (Wildman–Crippen LogP) is 4.10. The summed E-state index contributed by atoms with van der Waals surface area (Å²) < 4.78 is 7.62. The number of nitrogens with zero attached hydrogens (tertiary/aromatic N) is 5. The summed E-state index contributed by atoms with van der Waals surface area (Å²) in [5, 5.41) is 15.5. The molecular weight excluding hydrogens is 356 g/mol. The van der Waals surface area contributed by atoms with Crippen molar-refractivity contribution in [2.75, 3.05) is 12.4 Å². The van der Waals surface area contributed by atoms with Gasteiger partial charge in [-0.1, -0.05) is 37.5 Å². The van der Waals surface area contributed by atoms with Crippen molar-refractivity contribution in [3.63, 3.8) is 0 Å². The first-order valence-electron chi connectivity index (χ1n) is 9.64. The van der Waals surface area contributed by atoms with Gasteiger partial charge in [-0.25, -0.2) is 9.48 Å². The fourth-order valence-electron chi connectivity index (χ4n) is 3.52. The first-order valence-corrected chi connectivity index (χ1v) is 9.64. The van der Waals surface area contributed by atoms with Crippen LogP contribution in [0.15, 0.2) is 47.0 Å². The van der Waals surface area contributed by atoms with Gasteiger partial charge < -0.3 is 9.32 Å². The summed E-state index contributed by atoms with van der Waals surface area (Å²) in [7, 11) is 1.70. The van der Waals surface area contributed by atoms with Gasteiger partial charge in [0.15, 0.2) is 0 Å². The van der Waals surface area contributed by atoms with Gasteiger partial charge in [-0.2, -0.15) is 5.10 Å². The number of urea groups is 1. The van der Waals surface area contributed by atoms with Gasteiger partial charge in [-0.15, -0.1) is 10.2 Å². The fourth-order valence-corrected chi connectivity index (χ4v) is 3.52. The second kappa shape index (κ2) is 8.24. The SMILES string of the molecule is CN(Cc1nnc(-c2ccccc2)o1)C(=O)Nc1ccnn1C1CCCCC1. The quantitative estimate of drug-likeness (QED) is 0.720. The normalized spacial score (nSPS) is 14.8. The van der Waals surface area contributed by atoms with Crippen molar-refractivity contribution >= 4 is 11.8 Å². The Morgan fingerprint density at radius 1 is 1.18 bits per heavy atom. The molecule has 8 heteroatoms. The van der Waals surface area contributed by atoms with Gasteiger partial charge in [0.2, 0.25) is 11.8 Å². The molecule has 1 aliphatic rings. The number of amides is 2. The third kappa shape index (κ3) is 4.05. The zero-order valence-electron chi connectivity index (χ0n) is 15.9. The van der Waals surface area contributed by atoms with E-state index >= 15 is 0 Å². The zero-order chi connectivity index (χ0) is 19.3. The highest BCUT2D eigenvalue weighted by Crippen LogP contribution is 2.30. The van der Waals surface area contributed by atoms with E-state index in [2.05, 4.69) is 20.6 Å². The minimum atomic E-state index is -0.239. The average Bonchev–Trinajstić information content (AvgIpc) is 3.39. The molecule has 2 aromatic heterocycles. The molecule has 0 saturated heterocycles. The van der Waals surface area contributed by atoms with Crippen molar-refractivity contribution in [2.24, 2.45) is 0 Å². The molecule has 3 aromatic rings. The molecular formula is C20H24N6O2. The topological polar surface area (TPSA) is 89.1 Å². The van der Waals surface area contributed by atoms with Crippen LogP contribution in [0.25, 0.3) is 11.5 Å². The molecule has 28 heavy (non-hydrogen) atoms.